The number of nitrogens with two attached hydrogens (primary N) is 1. The maximum absolute atomic E-state index is 13.2. The van der Waals surface area contributed by atoms with Crippen LogP contribution in [-0.4, -0.2) is 30.7 Å². The third kappa shape index (κ3) is 4.17. The normalized spacial score (nSPS) is 21.6. The zero-order chi connectivity index (χ0) is 24.1. The Bertz CT molecular complexity index is 1390. The fourth-order valence-corrected chi connectivity index (χ4v) is 7.27. The van der Waals surface area contributed by atoms with Gasteiger partial charge in [0.15, 0.2) is 9.84 Å². The van der Waals surface area contributed by atoms with Gasteiger partial charge in [0.1, 0.15) is 5.84 Å². The van der Waals surface area contributed by atoms with Crippen molar-refractivity contribution in [3.63, 3.8) is 0 Å². The molecule has 0 bridgehead atoms. The SMILES string of the molecule is Cc1cc(S(=O)(=O)CC2CC(O)(Cc3ccccc3)C2)ccc1-c1ccc2c(c1C)C(N)=NC2. The van der Waals surface area contributed by atoms with E-state index in [-0.39, 0.29) is 11.7 Å². The summed E-state index contributed by atoms with van der Waals surface area (Å²) in [5.74, 6) is 0.604. The van der Waals surface area contributed by atoms with E-state index in [9.17, 15) is 13.5 Å². The lowest BCUT2D eigenvalue weighted by Gasteiger charge is -2.43. The third-order valence-electron chi connectivity index (χ3n) is 7.24. The molecular formula is C28H30N2O3S. The number of hydrogen-bond donors (Lipinski definition) is 2. The highest BCUT2D eigenvalue weighted by atomic mass is 32.2. The summed E-state index contributed by atoms with van der Waals surface area (Å²) in [6, 6.07) is 19.3. The van der Waals surface area contributed by atoms with Crippen LogP contribution in [0, 0.1) is 19.8 Å². The lowest BCUT2D eigenvalue weighted by Crippen LogP contribution is -2.47. The molecule has 0 saturated heterocycles. The molecule has 176 valence electrons. The molecule has 1 aliphatic heterocycles. The van der Waals surface area contributed by atoms with Crippen molar-refractivity contribution in [2.45, 2.75) is 50.2 Å². The molecule has 5 rings (SSSR count). The van der Waals surface area contributed by atoms with Crippen molar-refractivity contribution in [2.24, 2.45) is 16.6 Å². The fraction of sp³-hybridized carbons (Fsp3) is 0.321. The Morgan fingerprint density at radius 1 is 1.03 bits per heavy atom. The number of amidine groups is 1. The van der Waals surface area contributed by atoms with Crippen molar-refractivity contribution in [1.29, 1.82) is 0 Å². The van der Waals surface area contributed by atoms with Crippen LogP contribution < -0.4 is 5.73 Å². The van der Waals surface area contributed by atoms with Crippen molar-refractivity contribution in [2.75, 3.05) is 5.75 Å². The van der Waals surface area contributed by atoms with Gasteiger partial charge in [0, 0.05) is 12.0 Å². The van der Waals surface area contributed by atoms with E-state index in [0.29, 0.717) is 36.5 Å². The summed E-state index contributed by atoms with van der Waals surface area (Å²) in [6.07, 6.45) is 1.58. The van der Waals surface area contributed by atoms with Crippen LogP contribution in [0.1, 0.15) is 40.7 Å². The van der Waals surface area contributed by atoms with E-state index in [2.05, 4.69) is 17.1 Å². The predicted molar refractivity (Wildman–Crippen MR) is 136 cm³/mol. The van der Waals surface area contributed by atoms with Crippen molar-refractivity contribution < 1.29 is 13.5 Å². The molecule has 0 amide bonds. The molecular weight excluding hydrogens is 444 g/mol. The minimum absolute atomic E-state index is 0.0279. The quantitative estimate of drug-likeness (QED) is 0.556. The van der Waals surface area contributed by atoms with Crippen LogP contribution in [0.2, 0.25) is 0 Å². The molecule has 1 heterocycles. The Morgan fingerprint density at radius 2 is 1.74 bits per heavy atom. The van der Waals surface area contributed by atoms with Crippen molar-refractivity contribution >= 4 is 15.7 Å². The number of benzene rings is 3. The molecule has 3 N–H and O–H groups in total. The second-order valence-electron chi connectivity index (χ2n) is 9.89. The molecule has 5 nitrogen and oxygen atoms in total. The van der Waals surface area contributed by atoms with Crippen LogP contribution in [-0.2, 0) is 22.8 Å². The second kappa shape index (κ2) is 8.36. The first kappa shape index (κ1) is 22.8. The van der Waals surface area contributed by atoms with E-state index in [4.69, 9.17) is 5.73 Å². The van der Waals surface area contributed by atoms with E-state index in [1.807, 2.05) is 50.2 Å². The number of aliphatic hydroxyl groups is 1. The topological polar surface area (TPSA) is 92.8 Å². The standard InChI is InChI=1S/C28H30N2O3S/c1-18-12-23(9-11-24(18)25-10-8-22-16-30-27(29)26(22)19(25)2)34(32,33)17-21-14-28(31,15-21)13-20-6-4-3-5-7-20/h3-12,21,31H,13-17H2,1-2H3,(H2,29,30). The average Bonchev–Trinajstić information content (AvgIpc) is 3.15. The Morgan fingerprint density at radius 3 is 2.44 bits per heavy atom. The molecule has 3 aromatic rings. The summed E-state index contributed by atoms with van der Waals surface area (Å²) in [5.41, 5.74) is 12.5. The van der Waals surface area contributed by atoms with Crippen LogP contribution in [0.3, 0.4) is 0 Å². The molecule has 1 saturated carbocycles. The molecule has 0 spiro atoms. The Balaban J connectivity index is 1.31. The van der Waals surface area contributed by atoms with Crippen molar-refractivity contribution in [1.82, 2.24) is 0 Å². The van der Waals surface area contributed by atoms with Gasteiger partial charge >= 0.3 is 0 Å². The number of fused-ring (bicyclic) bond motifs is 1. The van der Waals surface area contributed by atoms with Crippen LogP contribution >= 0.6 is 0 Å². The monoisotopic (exact) mass is 474 g/mol. The van der Waals surface area contributed by atoms with Gasteiger partial charge in [-0.2, -0.15) is 0 Å². The van der Waals surface area contributed by atoms with Gasteiger partial charge in [-0.15, -0.1) is 0 Å². The zero-order valence-electron chi connectivity index (χ0n) is 19.6. The number of aliphatic imine (C=N–C) groups is 1. The second-order valence-corrected chi connectivity index (χ2v) is 11.9. The van der Waals surface area contributed by atoms with E-state index in [1.165, 1.54) is 0 Å². The number of rotatable bonds is 6. The summed E-state index contributed by atoms with van der Waals surface area (Å²) in [4.78, 5) is 4.68. The molecule has 0 atom stereocenters. The molecule has 34 heavy (non-hydrogen) atoms. The number of hydrogen-bond acceptors (Lipinski definition) is 5. The largest absolute Gasteiger partial charge is 0.390 e. The van der Waals surface area contributed by atoms with Gasteiger partial charge < -0.3 is 10.8 Å². The van der Waals surface area contributed by atoms with Gasteiger partial charge in [-0.05, 0) is 78.1 Å². The predicted octanol–water partition coefficient (Wildman–Crippen LogP) is 4.35. The summed E-state index contributed by atoms with van der Waals surface area (Å²) in [5, 5.41) is 10.8. The first-order valence-electron chi connectivity index (χ1n) is 11.7. The summed E-state index contributed by atoms with van der Waals surface area (Å²) >= 11 is 0. The number of sulfone groups is 1. The van der Waals surface area contributed by atoms with Gasteiger partial charge in [0.2, 0.25) is 0 Å². The lowest BCUT2D eigenvalue weighted by atomic mass is 9.69. The Hall–Kier alpha value is -2.96. The summed E-state index contributed by atoms with van der Waals surface area (Å²) in [6.45, 7) is 4.60. The highest BCUT2D eigenvalue weighted by Gasteiger charge is 2.44. The molecule has 1 fully saturated rings. The molecule has 0 aromatic heterocycles. The van der Waals surface area contributed by atoms with E-state index < -0.39 is 15.4 Å². The Labute approximate surface area is 201 Å². The molecule has 1 aliphatic carbocycles. The van der Waals surface area contributed by atoms with E-state index in [0.717, 1.165) is 38.9 Å². The van der Waals surface area contributed by atoms with Crippen LogP contribution in [0.25, 0.3) is 11.1 Å². The lowest BCUT2D eigenvalue weighted by molar-refractivity contribution is -0.0654. The minimum atomic E-state index is -3.44. The highest BCUT2D eigenvalue weighted by Crippen LogP contribution is 2.42. The number of aryl methyl sites for hydroxylation is 1. The maximum atomic E-state index is 13.2. The zero-order valence-corrected chi connectivity index (χ0v) is 20.4. The maximum Gasteiger partial charge on any atom is 0.178 e. The van der Waals surface area contributed by atoms with Crippen LogP contribution in [0.15, 0.2) is 70.6 Å². The highest BCUT2D eigenvalue weighted by molar-refractivity contribution is 7.91. The number of nitrogens with zero attached hydrogens (tertiary/aromatic N) is 1. The third-order valence-corrected chi connectivity index (χ3v) is 9.13. The van der Waals surface area contributed by atoms with Crippen LogP contribution in [0.5, 0.6) is 0 Å². The minimum Gasteiger partial charge on any atom is -0.390 e. The van der Waals surface area contributed by atoms with Gasteiger partial charge in [-0.1, -0.05) is 48.5 Å². The molecule has 3 aromatic carbocycles. The Kier molecular flexibility index (Phi) is 5.61. The first-order valence-corrected chi connectivity index (χ1v) is 13.3. The van der Waals surface area contributed by atoms with Gasteiger partial charge in [0.05, 0.1) is 22.8 Å². The van der Waals surface area contributed by atoms with Crippen molar-refractivity contribution in [3.05, 3.63) is 88.5 Å². The van der Waals surface area contributed by atoms with Crippen molar-refractivity contribution in [3.8, 4) is 11.1 Å². The summed E-state index contributed by atoms with van der Waals surface area (Å²) < 4.78 is 26.3. The van der Waals surface area contributed by atoms with E-state index in [1.54, 1.807) is 12.1 Å². The first-order chi connectivity index (χ1) is 16.2. The van der Waals surface area contributed by atoms with Gasteiger partial charge in [-0.25, -0.2) is 8.42 Å². The van der Waals surface area contributed by atoms with Gasteiger partial charge in [0.25, 0.3) is 0 Å². The van der Waals surface area contributed by atoms with Gasteiger partial charge in [-0.3, -0.25) is 4.99 Å². The fourth-order valence-electron chi connectivity index (χ4n) is 5.59. The summed E-state index contributed by atoms with van der Waals surface area (Å²) in [7, 11) is -3.44. The average molecular weight is 475 g/mol. The van der Waals surface area contributed by atoms with Crippen LogP contribution in [0.4, 0.5) is 0 Å². The molecule has 0 unspecified atom stereocenters. The molecule has 2 aliphatic rings. The van der Waals surface area contributed by atoms with E-state index >= 15 is 0 Å². The molecule has 0 radical (unpaired) electrons. The molecule has 6 heteroatoms. The smallest absolute Gasteiger partial charge is 0.178 e.